The Hall–Kier alpha value is -3.88. The van der Waals surface area contributed by atoms with Crippen LogP contribution < -0.4 is 15.8 Å². The van der Waals surface area contributed by atoms with Gasteiger partial charge in [-0.3, -0.25) is 19.0 Å². The van der Waals surface area contributed by atoms with Crippen molar-refractivity contribution in [1.82, 2.24) is 19.5 Å². The molecule has 0 spiro atoms. The van der Waals surface area contributed by atoms with Crippen LogP contribution in [0.1, 0.15) is 48.2 Å². The minimum Gasteiger partial charge on any atom is -0.494 e. The molecule has 9 nitrogen and oxygen atoms in total. The number of aromatic hydroxyl groups is 1. The lowest BCUT2D eigenvalue weighted by atomic mass is 10.2. The molecular weight excluding hydrogens is 434 g/mol. The SMILES string of the molecule is CC(C)Cn1c(O)c(C(=O)NC2CC2)c(=O)n2ncc(/C=C/C(=O)N3CCc4ccccc43)c12. The fourth-order valence-electron chi connectivity index (χ4n) is 4.37. The maximum absolute atomic E-state index is 13.1. The number of nitrogens with zero attached hydrogens (tertiary/aromatic N) is 4. The molecule has 3 aromatic rings. The van der Waals surface area contributed by atoms with Gasteiger partial charge in [0, 0.05) is 36.5 Å². The van der Waals surface area contributed by atoms with Gasteiger partial charge < -0.3 is 15.3 Å². The first kappa shape index (κ1) is 21.9. The Labute approximate surface area is 196 Å². The summed E-state index contributed by atoms with van der Waals surface area (Å²) in [4.78, 5) is 40.4. The third-order valence-electron chi connectivity index (χ3n) is 6.16. The fourth-order valence-corrected chi connectivity index (χ4v) is 4.37. The first-order valence-corrected chi connectivity index (χ1v) is 11.6. The quantitative estimate of drug-likeness (QED) is 0.548. The van der Waals surface area contributed by atoms with E-state index in [1.807, 2.05) is 38.1 Å². The summed E-state index contributed by atoms with van der Waals surface area (Å²) < 4.78 is 2.65. The molecule has 1 aliphatic heterocycles. The number of rotatable bonds is 6. The van der Waals surface area contributed by atoms with E-state index in [2.05, 4.69) is 10.4 Å². The van der Waals surface area contributed by atoms with Gasteiger partial charge in [-0.15, -0.1) is 0 Å². The van der Waals surface area contributed by atoms with E-state index in [4.69, 9.17) is 0 Å². The first-order chi connectivity index (χ1) is 16.3. The number of hydrogen-bond donors (Lipinski definition) is 2. The molecule has 0 radical (unpaired) electrons. The molecule has 0 saturated heterocycles. The van der Waals surface area contributed by atoms with Crippen LogP contribution in [0.3, 0.4) is 0 Å². The molecule has 5 rings (SSSR count). The Bertz CT molecular complexity index is 1380. The van der Waals surface area contributed by atoms with Gasteiger partial charge in [-0.1, -0.05) is 32.0 Å². The van der Waals surface area contributed by atoms with Gasteiger partial charge in [0.25, 0.3) is 17.4 Å². The number of anilines is 1. The number of hydrogen-bond acceptors (Lipinski definition) is 5. The second-order valence-corrected chi connectivity index (χ2v) is 9.29. The lowest BCUT2D eigenvalue weighted by Crippen LogP contribution is -2.34. The van der Waals surface area contributed by atoms with E-state index in [9.17, 15) is 19.5 Å². The van der Waals surface area contributed by atoms with Gasteiger partial charge in [0.15, 0.2) is 5.56 Å². The topological polar surface area (TPSA) is 109 Å². The van der Waals surface area contributed by atoms with E-state index >= 15 is 0 Å². The number of aromatic nitrogens is 3. The molecule has 9 heteroatoms. The van der Waals surface area contributed by atoms with E-state index in [0.29, 0.717) is 24.3 Å². The highest BCUT2D eigenvalue weighted by Crippen LogP contribution is 2.28. The van der Waals surface area contributed by atoms with Crippen LogP contribution in [0.15, 0.2) is 41.3 Å². The van der Waals surface area contributed by atoms with Crippen LogP contribution in [0, 0.1) is 5.92 Å². The highest BCUT2D eigenvalue weighted by atomic mass is 16.3. The van der Waals surface area contributed by atoms with E-state index in [1.165, 1.54) is 16.8 Å². The van der Waals surface area contributed by atoms with Crippen molar-refractivity contribution in [3.8, 4) is 5.88 Å². The van der Waals surface area contributed by atoms with E-state index in [0.717, 1.165) is 35.0 Å². The fraction of sp³-hybridized carbons (Fsp3) is 0.360. The van der Waals surface area contributed by atoms with Gasteiger partial charge in [0.2, 0.25) is 5.88 Å². The minimum atomic E-state index is -0.690. The van der Waals surface area contributed by atoms with Crippen LogP contribution in [0.5, 0.6) is 5.88 Å². The number of fused-ring (bicyclic) bond motifs is 2. The molecule has 2 aromatic heterocycles. The number of benzene rings is 1. The van der Waals surface area contributed by atoms with Gasteiger partial charge >= 0.3 is 0 Å². The number of nitrogens with one attached hydrogen (secondary N) is 1. The molecule has 1 saturated carbocycles. The average molecular weight is 462 g/mol. The van der Waals surface area contributed by atoms with Gasteiger partial charge in [-0.05, 0) is 42.9 Å². The zero-order valence-corrected chi connectivity index (χ0v) is 19.2. The molecule has 34 heavy (non-hydrogen) atoms. The first-order valence-electron chi connectivity index (χ1n) is 11.6. The average Bonchev–Trinajstić information content (AvgIpc) is 3.34. The molecule has 2 N–H and O–H groups in total. The smallest absolute Gasteiger partial charge is 0.291 e. The van der Waals surface area contributed by atoms with Crippen molar-refractivity contribution < 1.29 is 14.7 Å². The number of carbonyl (C=O) groups excluding carboxylic acids is 2. The van der Waals surface area contributed by atoms with Crippen molar-refractivity contribution >= 4 is 29.2 Å². The Morgan fingerprint density at radius 1 is 1.26 bits per heavy atom. The summed E-state index contributed by atoms with van der Waals surface area (Å²) in [5.41, 5.74) is 1.87. The molecular formula is C25H27N5O4. The predicted octanol–water partition coefficient (Wildman–Crippen LogP) is 2.35. The normalized spacial score (nSPS) is 15.4. The van der Waals surface area contributed by atoms with Gasteiger partial charge in [-0.2, -0.15) is 9.61 Å². The molecule has 1 aliphatic carbocycles. The summed E-state index contributed by atoms with van der Waals surface area (Å²) in [7, 11) is 0. The Kier molecular flexibility index (Phi) is 5.47. The second-order valence-electron chi connectivity index (χ2n) is 9.29. The maximum Gasteiger partial charge on any atom is 0.291 e. The highest BCUT2D eigenvalue weighted by Gasteiger charge is 2.30. The zero-order chi connectivity index (χ0) is 24.0. The molecule has 0 unspecified atom stereocenters. The Morgan fingerprint density at radius 2 is 2.03 bits per heavy atom. The lowest BCUT2D eigenvalue weighted by Gasteiger charge is -2.17. The molecule has 1 fully saturated rings. The van der Waals surface area contributed by atoms with Crippen LogP contribution in [-0.4, -0.2) is 43.7 Å². The van der Waals surface area contributed by atoms with Gasteiger partial charge in [0.1, 0.15) is 5.65 Å². The molecule has 2 aliphatic rings. The van der Waals surface area contributed by atoms with E-state index in [-0.39, 0.29) is 29.3 Å². The van der Waals surface area contributed by atoms with Crippen LogP contribution in [0.25, 0.3) is 11.7 Å². The van der Waals surface area contributed by atoms with Crippen LogP contribution in [0.4, 0.5) is 5.69 Å². The highest BCUT2D eigenvalue weighted by molar-refractivity contribution is 6.05. The van der Waals surface area contributed by atoms with Crippen molar-refractivity contribution in [3.05, 3.63) is 63.6 Å². The van der Waals surface area contributed by atoms with Crippen LogP contribution >= 0.6 is 0 Å². The summed E-state index contributed by atoms with van der Waals surface area (Å²) in [5, 5.41) is 17.9. The molecule has 2 amide bonds. The maximum atomic E-state index is 13.1. The number of amides is 2. The Balaban J connectivity index is 1.54. The van der Waals surface area contributed by atoms with Crippen LogP contribution in [-0.2, 0) is 17.8 Å². The number of para-hydroxylation sites is 1. The molecule has 0 atom stereocenters. The monoisotopic (exact) mass is 461 g/mol. The molecule has 0 bridgehead atoms. The molecule has 176 valence electrons. The van der Waals surface area contributed by atoms with Crippen LogP contribution in [0.2, 0.25) is 0 Å². The second kappa shape index (κ2) is 8.48. The van der Waals surface area contributed by atoms with E-state index in [1.54, 1.807) is 11.0 Å². The lowest BCUT2D eigenvalue weighted by molar-refractivity contribution is -0.114. The summed E-state index contributed by atoms with van der Waals surface area (Å²) >= 11 is 0. The predicted molar refractivity (Wildman–Crippen MR) is 128 cm³/mol. The zero-order valence-electron chi connectivity index (χ0n) is 19.2. The summed E-state index contributed by atoms with van der Waals surface area (Å²) in [6.07, 6.45) is 7.05. The summed E-state index contributed by atoms with van der Waals surface area (Å²) in [6, 6.07) is 7.85. The van der Waals surface area contributed by atoms with Gasteiger partial charge in [0.05, 0.1) is 6.20 Å². The summed E-state index contributed by atoms with van der Waals surface area (Å²) in [5.74, 6) is -1.04. The molecule has 3 heterocycles. The van der Waals surface area contributed by atoms with Crippen molar-refractivity contribution in [2.45, 2.75) is 45.7 Å². The standard InChI is InChI=1S/C25H27N5O4/c1-15(2)14-29-23-17(7-10-20(31)28-12-11-16-5-3-4-6-19(16)28)13-26-30(23)25(34)21(24(29)33)22(32)27-18-8-9-18/h3-7,10,13,15,18,33H,8-9,11-12,14H2,1-2H3,(H,27,32)/b10-7+. The number of carbonyl (C=O) groups is 2. The van der Waals surface area contributed by atoms with Crippen molar-refractivity contribution in [2.75, 3.05) is 11.4 Å². The third-order valence-corrected chi connectivity index (χ3v) is 6.16. The van der Waals surface area contributed by atoms with E-state index < -0.39 is 11.5 Å². The van der Waals surface area contributed by atoms with Crippen molar-refractivity contribution in [1.29, 1.82) is 0 Å². The van der Waals surface area contributed by atoms with Crippen molar-refractivity contribution in [2.24, 2.45) is 5.92 Å². The summed E-state index contributed by atoms with van der Waals surface area (Å²) in [6.45, 7) is 4.91. The largest absolute Gasteiger partial charge is 0.494 e. The Morgan fingerprint density at radius 3 is 2.76 bits per heavy atom. The third kappa shape index (κ3) is 3.87. The van der Waals surface area contributed by atoms with Gasteiger partial charge in [-0.25, -0.2) is 0 Å². The molecule has 1 aromatic carbocycles. The minimum absolute atomic E-state index is 0.0402. The van der Waals surface area contributed by atoms with Crippen molar-refractivity contribution in [3.63, 3.8) is 0 Å².